The van der Waals surface area contributed by atoms with E-state index in [1.807, 2.05) is 0 Å². The van der Waals surface area contributed by atoms with Crippen LogP contribution < -0.4 is 20.7 Å². The standard InChI is InChI=1S/C24H25B3N8O5/c1-38-20-14(23-30-18(34-40-23)12-35-7-9-39-10-8-35)3-2-4-15(20)28-16-11-17(29-21(36)13-5-6-13)32-33-19(16)22(37)31-24(25,26)27/h2-4,11,13H,5-10,12H2,1H3,(H,31,37)(H2,28,29,32,36). The molecule has 2 aromatic heterocycles. The van der Waals surface area contributed by atoms with Crippen molar-refractivity contribution in [3.05, 3.63) is 35.8 Å². The summed E-state index contributed by atoms with van der Waals surface area (Å²) < 4.78 is 16.6. The molecule has 1 saturated heterocycles. The average molecular weight is 538 g/mol. The van der Waals surface area contributed by atoms with E-state index in [2.05, 4.69) is 41.2 Å². The SMILES string of the molecule is [B]C([B])([B])NC(=O)c1nnc(NC(=O)C2CC2)cc1Nc1cccc(-c2nc(CN3CCOCC3)no2)c1OC. The van der Waals surface area contributed by atoms with Crippen molar-refractivity contribution in [1.29, 1.82) is 0 Å². The highest BCUT2D eigenvalue weighted by molar-refractivity contribution is 6.60. The highest BCUT2D eigenvalue weighted by Gasteiger charge is 2.30. The van der Waals surface area contributed by atoms with Crippen LogP contribution in [0.25, 0.3) is 11.5 Å². The number of nitrogens with zero attached hydrogens (tertiary/aromatic N) is 5. The van der Waals surface area contributed by atoms with Crippen LogP contribution in [0, 0.1) is 5.92 Å². The van der Waals surface area contributed by atoms with Crippen molar-refractivity contribution < 1.29 is 23.6 Å². The van der Waals surface area contributed by atoms with Crippen molar-refractivity contribution in [2.45, 2.75) is 24.6 Å². The Morgan fingerprint density at radius 2 is 1.93 bits per heavy atom. The third-order valence-electron chi connectivity index (χ3n) is 6.19. The van der Waals surface area contributed by atoms with Crippen LogP contribution in [0.1, 0.15) is 29.2 Å². The molecule has 3 aromatic rings. The molecule has 2 fully saturated rings. The Bertz CT molecular complexity index is 1390. The monoisotopic (exact) mass is 538 g/mol. The van der Waals surface area contributed by atoms with Crippen molar-refractivity contribution >= 4 is 52.5 Å². The number of nitrogens with one attached hydrogen (secondary N) is 3. The average Bonchev–Trinajstić information content (AvgIpc) is 3.67. The van der Waals surface area contributed by atoms with Crippen LogP contribution in [-0.2, 0) is 16.1 Å². The van der Waals surface area contributed by atoms with Gasteiger partial charge in [0.1, 0.15) is 0 Å². The highest BCUT2D eigenvalue weighted by Crippen LogP contribution is 2.38. The largest absolute Gasteiger partial charge is 0.494 e. The van der Waals surface area contributed by atoms with Gasteiger partial charge in [0.25, 0.3) is 11.8 Å². The van der Waals surface area contributed by atoms with Gasteiger partial charge in [0, 0.05) is 25.1 Å². The summed E-state index contributed by atoms with van der Waals surface area (Å²) in [6.07, 6.45) is 1.62. The van der Waals surface area contributed by atoms with Gasteiger partial charge < -0.3 is 29.9 Å². The maximum atomic E-state index is 12.9. The molecule has 2 aliphatic rings. The van der Waals surface area contributed by atoms with Crippen LogP contribution in [0.5, 0.6) is 5.75 Å². The fourth-order valence-corrected chi connectivity index (χ4v) is 4.10. The van der Waals surface area contributed by atoms with Gasteiger partial charge in [-0.1, -0.05) is 16.5 Å². The number of rotatable bonds is 10. The minimum Gasteiger partial charge on any atom is -0.494 e. The van der Waals surface area contributed by atoms with E-state index in [4.69, 9.17) is 37.5 Å². The number of hydrogen-bond acceptors (Lipinski definition) is 11. The summed E-state index contributed by atoms with van der Waals surface area (Å²) in [5.41, 5.74) is 0.965. The number of carbonyl (C=O) groups excluding carboxylic acids is 2. The Morgan fingerprint density at radius 3 is 2.62 bits per heavy atom. The van der Waals surface area contributed by atoms with E-state index in [1.165, 1.54) is 13.2 Å². The molecule has 16 heteroatoms. The number of methoxy groups -OCH3 is 1. The number of anilines is 3. The van der Waals surface area contributed by atoms with Gasteiger partial charge in [0.15, 0.2) is 23.1 Å². The topological polar surface area (TPSA) is 157 Å². The van der Waals surface area contributed by atoms with Crippen LogP contribution in [-0.4, -0.2) is 99.2 Å². The molecular formula is C24H25B3N8O5. The second kappa shape index (κ2) is 11.7. The molecule has 0 unspecified atom stereocenters. The van der Waals surface area contributed by atoms with Crippen LogP contribution in [0.3, 0.4) is 0 Å². The van der Waals surface area contributed by atoms with Crippen molar-refractivity contribution in [2.75, 3.05) is 44.0 Å². The first kappa shape index (κ1) is 27.7. The fraction of sp³-hybridized carbons (Fsp3) is 0.417. The molecule has 6 radical (unpaired) electrons. The number of amides is 2. The predicted molar refractivity (Wildman–Crippen MR) is 147 cm³/mol. The van der Waals surface area contributed by atoms with Gasteiger partial charge in [-0.3, -0.25) is 14.5 Å². The smallest absolute Gasteiger partial charge is 0.272 e. The summed E-state index contributed by atoms with van der Waals surface area (Å²) >= 11 is 0. The molecule has 13 nitrogen and oxygen atoms in total. The Balaban J connectivity index is 1.44. The number of aromatic nitrogens is 4. The number of ether oxygens (including phenoxy) is 2. The summed E-state index contributed by atoms with van der Waals surface area (Å²) in [5, 5.41) is 18.1. The normalized spacial score (nSPS) is 15.8. The Labute approximate surface area is 234 Å². The fourth-order valence-electron chi connectivity index (χ4n) is 4.10. The number of benzene rings is 1. The molecule has 0 bridgehead atoms. The summed E-state index contributed by atoms with van der Waals surface area (Å²) in [6.45, 7) is 3.40. The van der Waals surface area contributed by atoms with Gasteiger partial charge in [-0.25, -0.2) is 0 Å². The molecule has 5 rings (SSSR count). The van der Waals surface area contributed by atoms with Gasteiger partial charge in [-0.05, 0) is 25.0 Å². The quantitative estimate of drug-likeness (QED) is 0.306. The molecule has 1 aromatic carbocycles. The Kier molecular flexibility index (Phi) is 8.08. The van der Waals surface area contributed by atoms with E-state index >= 15 is 0 Å². The molecule has 200 valence electrons. The van der Waals surface area contributed by atoms with E-state index in [0.29, 0.717) is 42.6 Å². The lowest BCUT2D eigenvalue weighted by atomic mass is 9.49. The van der Waals surface area contributed by atoms with E-state index in [9.17, 15) is 9.59 Å². The lowest BCUT2D eigenvalue weighted by molar-refractivity contribution is -0.117. The van der Waals surface area contributed by atoms with Gasteiger partial charge in [-0.15, -0.1) is 10.2 Å². The van der Waals surface area contributed by atoms with Crippen molar-refractivity contribution in [2.24, 2.45) is 5.92 Å². The minimum absolute atomic E-state index is 0.0622. The van der Waals surface area contributed by atoms with Crippen LogP contribution in [0.2, 0.25) is 0 Å². The first-order valence-corrected chi connectivity index (χ1v) is 12.6. The predicted octanol–water partition coefficient (Wildman–Crippen LogP) is 0.306. The first-order valence-electron chi connectivity index (χ1n) is 12.6. The lowest BCUT2D eigenvalue weighted by Crippen LogP contribution is -2.50. The minimum atomic E-state index is -2.00. The van der Waals surface area contributed by atoms with Gasteiger partial charge >= 0.3 is 0 Å². The number of para-hydroxylation sites is 1. The summed E-state index contributed by atoms with van der Waals surface area (Å²) in [7, 11) is 18.1. The maximum absolute atomic E-state index is 12.9. The van der Waals surface area contributed by atoms with Gasteiger partial charge in [-0.2, -0.15) is 4.98 Å². The molecule has 3 N–H and O–H groups in total. The van der Waals surface area contributed by atoms with E-state index in [0.717, 1.165) is 25.9 Å². The third-order valence-corrected chi connectivity index (χ3v) is 6.19. The first-order chi connectivity index (χ1) is 19.2. The summed E-state index contributed by atoms with van der Waals surface area (Å²) in [5.74, 6) is 0.267. The van der Waals surface area contributed by atoms with E-state index < -0.39 is 11.1 Å². The zero-order valence-electron chi connectivity index (χ0n) is 21.8. The van der Waals surface area contributed by atoms with Crippen molar-refractivity contribution in [3.63, 3.8) is 0 Å². The molecular weight excluding hydrogens is 513 g/mol. The molecule has 1 saturated carbocycles. The maximum Gasteiger partial charge on any atom is 0.272 e. The van der Waals surface area contributed by atoms with Crippen molar-refractivity contribution in [3.8, 4) is 17.2 Å². The second-order valence-electron chi connectivity index (χ2n) is 9.56. The van der Waals surface area contributed by atoms with Crippen LogP contribution in [0.15, 0.2) is 28.8 Å². The van der Waals surface area contributed by atoms with E-state index in [-0.39, 0.29) is 34.9 Å². The van der Waals surface area contributed by atoms with Crippen molar-refractivity contribution in [1.82, 2.24) is 30.6 Å². The van der Waals surface area contributed by atoms with E-state index in [1.54, 1.807) is 18.2 Å². The Hall–Kier alpha value is -3.91. The van der Waals surface area contributed by atoms with Gasteiger partial charge in [0.05, 0.1) is 67.3 Å². The lowest BCUT2D eigenvalue weighted by Gasteiger charge is -2.24. The zero-order chi connectivity index (χ0) is 28.3. The molecule has 0 atom stereocenters. The van der Waals surface area contributed by atoms with Gasteiger partial charge in [0.2, 0.25) is 5.91 Å². The molecule has 1 aliphatic heterocycles. The number of carbonyl (C=O) groups is 2. The third kappa shape index (κ3) is 6.80. The zero-order valence-corrected chi connectivity index (χ0v) is 21.8. The van der Waals surface area contributed by atoms with Crippen LogP contribution >= 0.6 is 0 Å². The van der Waals surface area contributed by atoms with Crippen LogP contribution in [0.4, 0.5) is 17.2 Å². The second-order valence-corrected chi connectivity index (χ2v) is 9.56. The number of morpholine rings is 1. The molecule has 3 heterocycles. The number of hydrogen-bond donors (Lipinski definition) is 3. The summed E-state index contributed by atoms with van der Waals surface area (Å²) in [4.78, 5) is 31.9. The molecule has 0 spiro atoms. The summed E-state index contributed by atoms with van der Waals surface area (Å²) in [6, 6.07) is 6.70. The molecule has 2 amide bonds. The molecule has 1 aliphatic carbocycles. The molecule has 40 heavy (non-hydrogen) atoms. The highest BCUT2D eigenvalue weighted by atomic mass is 16.5. The Morgan fingerprint density at radius 1 is 1.15 bits per heavy atom.